The highest BCUT2D eigenvalue weighted by atomic mass is 35.5. The third kappa shape index (κ3) is 4.02. The van der Waals surface area contributed by atoms with E-state index in [4.69, 9.17) is 11.6 Å². The lowest BCUT2D eigenvalue weighted by atomic mass is 9.69. The molecule has 0 spiro atoms. The molecule has 0 nitrogen and oxygen atoms in total. The lowest BCUT2D eigenvalue weighted by Crippen LogP contribution is -2.25. The standard InChI is InChI=1S/C17H29Cl/c1-2-3-14-4-8-16(9-5-14)17-10-6-15(7-11-17)12-13-18/h12-17H,2-11H2,1H3/b13-12+. The van der Waals surface area contributed by atoms with E-state index in [9.17, 15) is 0 Å². The van der Waals surface area contributed by atoms with E-state index in [0.717, 1.165) is 23.7 Å². The van der Waals surface area contributed by atoms with Crippen LogP contribution >= 0.6 is 11.6 Å². The number of allylic oxidation sites excluding steroid dienone is 1. The van der Waals surface area contributed by atoms with Crippen molar-refractivity contribution in [3.63, 3.8) is 0 Å². The molecule has 2 aliphatic carbocycles. The van der Waals surface area contributed by atoms with Crippen LogP contribution in [0.15, 0.2) is 11.6 Å². The Kier molecular flexibility index (Phi) is 6.08. The topological polar surface area (TPSA) is 0 Å². The monoisotopic (exact) mass is 268 g/mol. The van der Waals surface area contributed by atoms with Gasteiger partial charge < -0.3 is 0 Å². The van der Waals surface area contributed by atoms with Crippen LogP contribution in [0.2, 0.25) is 0 Å². The van der Waals surface area contributed by atoms with Crippen LogP contribution in [0.1, 0.15) is 71.1 Å². The summed E-state index contributed by atoms with van der Waals surface area (Å²) in [7, 11) is 0. The van der Waals surface area contributed by atoms with Crippen LogP contribution in [0, 0.1) is 23.7 Å². The molecule has 0 N–H and O–H groups in total. The van der Waals surface area contributed by atoms with E-state index in [1.54, 1.807) is 5.54 Å². The number of halogens is 1. The third-order valence-electron chi connectivity index (χ3n) is 5.42. The zero-order valence-corrected chi connectivity index (χ0v) is 12.7. The molecule has 0 aromatic carbocycles. The smallest absolute Gasteiger partial charge is 0.000525 e. The van der Waals surface area contributed by atoms with Crippen LogP contribution in [-0.4, -0.2) is 0 Å². The summed E-state index contributed by atoms with van der Waals surface area (Å²) >= 11 is 5.69. The lowest BCUT2D eigenvalue weighted by Gasteiger charge is -2.37. The van der Waals surface area contributed by atoms with Crippen molar-refractivity contribution in [1.82, 2.24) is 0 Å². The minimum atomic E-state index is 0.773. The quantitative estimate of drug-likeness (QED) is 0.573. The molecule has 0 radical (unpaired) electrons. The van der Waals surface area contributed by atoms with Gasteiger partial charge in [-0.25, -0.2) is 0 Å². The van der Waals surface area contributed by atoms with Crippen LogP contribution in [0.3, 0.4) is 0 Å². The molecule has 0 bridgehead atoms. The van der Waals surface area contributed by atoms with E-state index in [1.165, 1.54) is 64.2 Å². The van der Waals surface area contributed by atoms with E-state index in [-0.39, 0.29) is 0 Å². The fourth-order valence-corrected chi connectivity index (χ4v) is 4.47. The Morgan fingerprint density at radius 2 is 1.44 bits per heavy atom. The zero-order chi connectivity index (χ0) is 12.8. The maximum Gasteiger partial charge on any atom is 0.000525 e. The predicted octanol–water partition coefficient (Wildman–Crippen LogP) is 6.15. The molecule has 2 fully saturated rings. The van der Waals surface area contributed by atoms with Gasteiger partial charge in [-0.05, 0) is 62.2 Å². The predicted molar refractivity (Wildman–Crippen MR) is 80.8 cm³/mol. The molecule has 0 aromatic heterocycles. The molecule has 18 heavy (non-hydrogen) atoms. The first kappa shape index (κ1) is 14.4. The van der Waals surface area contributed by atoms with E-state index in [2.05, 4.69) is 13.0 Å². The van der Waals surface area contributed by atoms with Crippen LogP contribution < -0.4 is 0 Å². The highest BCUT2D eigenvalue weighted by Crippen LogP contribution is 2.42. The summed E-state index contributed by atoms with van der Waals surface area (Å²) in [6.07, 6.45) is 16.8. The number of hydrogen-bond acceptors (Lipinski definition) is 0. The molecular formula is C17H29Cl. The maximum atomic E-state index is 5.69. The highest BCUT2D eigenvalue weighted by molar-refractivity contribution is 6.25. The van der Waals surface area contributed by atoms with Crippen molar-refractivity contribution in [2.75, 3.05) is 0 Å². The lowest BCUT2D eigenvalue weighted by molar-refractivity contribution is 0.152. The average molecular weight is 269 g/mol. The van der Waals surface area contributed by atoms with Gasteiger partial charge in [-0.15, -0.1) is 0 Å². The third-order valence-corrected chi connectivity index (χ3v) is 5.56. The Bertz CT molecular complexity index is 242. The summed E-state index contributed by atoms with van der Waals surface area (Å²) in [5.74, 6) is 3.92. The second-order valence-corrected chi connectivity index (χ2v) is 6.81. The maximum absolute atomic E-state index is 5.69. The SMILES string of the molecule is CCCC1CCC(C2CCC(/C=C/Cl)CC2)CC1. The van der Waals surface area contributed by atoms with Gasteiger partial charge >= 0.3 is 0 Å². The molecule has 0 heterocycles. The van der Waals surface area contributed by atoms with Gasteiger partial charge in [-0.1, -0.05) is 50.3 Å². The normalized spacial score (nSPS) is 38.1. The molecular weight excluding hydrogens is 240 g/mol. The van der Waals surface area contributed by atoms with Crippen molar-refractivity contribution in [1.29, 1.82) is 0 Å². The fourth-order valence-electron chi connectivity index (χ4n) is 4.27. The molecule has 0 aromatic rings. The fraction of sp³-hybridized carbons (Fsp3) is 0.882. The van der Waals surface area contributed by atoms with Gasteiger partial charge in [-0.2, -0.15) is 0 Å². The number of rotatable bonds is 4. The largest absolute Gasteiger partial charge is 0.0933 e. The Balaban J connectivity index is 1.71. The summed E-state index contributed by atoms with van der Waals surface area (Å²) in [5, 5.41) is 0. The van der Waals surface area contributed by atoms with Crippen molar-refractivity contribution in [3.8, 4) is 0 Å². The molecule has 2 rings (SSSR count). The summed E-state index contributed by atoms with van der Waals surface area (Å²) in [4.78, 5) is 0. The van der Waals surface area contributed by atoms with Crippen molar-refractivity contribution in [3.05, 3.63) is 11.6 Å². The van der Waals surface area contributed by atoms with E-state index in [0.29, 0.717) is 0 Å². The van der Waals surface area contributed by atoms with Gasteiger partial charge in [0.25, 0.3) is 0 Å². The second-order valence-electron chi connectivity index (χ2n) is 6.56. The Morgan fingerprint density at radius 1 is 0.889 bits per heavy atom. The van der Waals surface area contributed by atoms with Crippen molar-refractivity contribution in [2.45, 2.75) is 71.1 Å². The van der Waals surface area contributed by atoms with Crippen LogP contribution in [0.5, 0.6) is 0 Å². The summed E-state index contributed by atoms with van der Waals surface area (Å²) in [5.41, 5.74) is 1.72. The van der Waals surface area contributed by atoms with Gasteiger partial charge in [0, 0.05) is 5.54 Å². The van der Waals surface area contributed by atoms with Crippen LogP contribution in [0.4, 0.5) is 0 Å². The first-order chi connectivity index (χ1) is 8.83. The van der Waals surface area contributed by atoms with Crippen molar-refractivity contribution >= 4 is 11.6 Å². The van der Waals surface area contributed by atoms with E-state index < -0.39 is 0 Å². The van der Waals surface area contributed by atoms with Crippen LogP contribution in [0.25, 0.3) is 0 Å². The summed E-state index contributed by atoms with van der Waals surface area (Å²) in [6, 6.07) is 0. The highest BCUT2D eigenvalue weighted by Gasteiger charge is 2.29. The van der Waals surface area contributed by atoms with Gasteiger partial charge in [0.2, 0.25) is 0 Å². The van der Waals surface area contributed by atoms with Gasteiger partial charge in [0.15, 0.2) is 0 Å². The Hall–Kier alpha value is 0.0300. The summed E-state index contributed by atoms with van der Waals surface area (Å²) in [6.45, 7) is 2.33. The van der Waals surface area contributed by atoms with Crippen LogP contribution in [-0.2, 0) is 0 Å². The molecule has 0 aliphatic heterocycles. The molecule has 2 aliphatic rings. The van der Waals surface area contributed by atoms with E-state index in [1.807, 2.05) is 0 Å². The first-order valence-electron chi connectivity index (χ1n) is 8.10. The van der Waals surface area contributed by atoms with Crippen molar-refractivity contribution in [2.24, 2.45) is 23.7 Å². The molecule has 104 valence electrons. The molecule has 0 saturated heterocycles. The Morgan fingerprint density at radius 3 is 1.94 bits per heavy atom. The summed E-state index contributed by atoms with van der Waals surface area (Å²) < 4.78 is 0. The molecule has 2 saturated carbocycles. The van der Waals surface area contributed by atoms with Gasteiger partial charge in [0.1, 0.15) is 0 Å². The molecule has 0 atom stereocenters. The molecule has 0 amide bonds. The average Bonchev–Trinajstić information content (AvgIpc) is 2.41. The minimum Gasteiger partial charge on any atom is -0.0933 e. The van der Waals surface area contributed by atoms with Gasteiger partial charge in [0.05, 0.1) is 0 Å². The van der Waals surface area contributed by atoms with Gasteiger partial charge in [-0.3, -0.25) is 0 Å². The Labute approximate surface area is 118 Å². The van der Waals surface area contributed by atoms with E-state index >= 15 is 0 Å². The number of hydrogen-bond donors (Lipinski definition) is 0. The zero-order valence-electron chi connectivity index (χ0n) is 11.9. The van der Waals surface area contributed by atoms with Crippen molar-refractivity contribution < 1.29 is 0 Å². The molecule has 0 unspecified atom stereocenters. The molecule has 1 heteroatoms. The first-order valence-corrected chi connectivity index (χ1v) is 8.54. The minimum absolute atomic E-state index is 0.773. The second kappa shape index (κ2) is 7.58.